The highest BCUT2D eigenvalue weighted by Crippen LogP contribution is 2.41. The number of hydrogen-bond acceptors (Lipinski definition) is 2. The van der Waals surface area contributed by atoms with Crippen LogP contribution in [-0.4, -0.2) is 36.6 Å². The second-order valence-electron chi connectivity index (χ2n) is 7.66. The maximum Gasteiger partial charge on any atom is 0.335 e. The van der Waals surface area contributed by atoms with Crippen LogP contribution in [0.15, 0.2) is 54.1 Å². The molecule has 1 aliphatic rings. The van der Waals surface area contributed by atoms with Gasteiger partial charge in [0.05, 0.1) is 5.56 Å². The van der Waals surface area contributed by atoms with Crippen LogP contribution in [0.4, 0.5) is 4.39 Å². The monoisotopic (exact) mass is 367 g/mol. The number of nitrogens with zero attached hydrogens (tertiary/aromatic N) is 1. The van der Waals surface area contributed by atoms with E-state index in [-0.39, 0.29) is 11.7 Å². The third-order valence-corrected chi connectivity index (χ3v) is 5.27. The zero-order chi connectivity index (χ0) is 19.4. The lowest BCUT2D eigenvalue weighted by Gasteiger charge is -2.35. The molecule has 4 heteroatoms. The van der Waals surface area contributed by atoms with Crippen LogP contribution in [0.1, 0.15) is 46.7 Å². The van der Waals surface area contributed by atoms with Gasteiger partial charge in [0.15, 0.2) is 0 Å². The van der Waals surface area contributed by atoms with Gasteiger partial charge in [-0.3, -0.25) is 0 Å². The van der Waals surface area contributed by atoms with Crippen molar-refractivity contribution >= 4 is 12.0 Å². The van der Waals surface area contributed by atoms with Crippen LogP contribution in [0.2, 0.25) is 0 Å². The summed E-state index contributed by atoms with van der Waals surface area (Å²) in [7, 11) is 4.15. The highest BCUT2D eigenvalue weighted by molar-refractivity contribution is 5.88. The van der Waals surface area contributed by atoms with Crippen molar-refractivity contribution in [3.8, 4) is 0 Å². The SMILES string of the molecule is CN(C)C[C@H]1CC/C(=C/c2cccc(C(=O)O)c2)C[C@@H]1c1cccc(F)c1. The van der Waals surface area contributed by atoms with Crippen molar-refractivity contribution in [2.45, 2.75) is 25.2 Å². The maximum atomic E-state index is 13.8. The third kappa shape index (κ3) is 5.04. The Kier molecular flexibility index (Phi) is 6.07. The lowest BCUT2D eigenvalue weighted by molar-refractivity contribution is 0.0697. The van der Waals surface area contributed by atoms with Gasteiger partial charge in [-0.05, 0) is 80.6 Å². The largest absolute Gasteiger partial charge is 0.478 e. The standard InChI is InChI=1S/C23H26FNO2/c1-25(2)15-20-10-9-17(11-16-5-3-7-19(12-16)23(26)27)13-22(20)18-6-4-8-21(24)14-18/h3-8,11-12,14,20,22H,9-10,13,15H2,1-2H3,(H,26,27)/b17-11-/t20-,22-/m1/s1. The molecule has 1 saturated carbocycles. The molecule has 2 aromatic rings. The molecule has 0 radical (unpaired) electrons. The van der Waals surface area contributed by atoms with E-state index in [4.69, 9.17) is 0 Å². The Morgan fingerprint density at radius 2 is 2.00 bits per heavy atom. The Balaban J connectivity index is 1.87. The minimum Gasteiger partial charge on any atom is -0.478 e. The summed E-state index contributed by atoms with van der Waals surface area (Å²) in [5.74, 6) is -0.362. The second-order valence-corrected chi connectivity index (χ2v) is 7.66. The van der Waals surface area contributed by atoms with Gasteiger partial charge in [0.25, 0.3) is 0 Å². The summed E-state index contributed by atoms with van der Waals surface area (Å²) < 4.78 is 13.8. The van der Waals surface area contributed by atoms with E-state index in [9.17, 15) is 14.3 Å². The van der Waals surface area contributed by atoms with E-state index < -0.39 is 5.97 Å². The average molecular weight is 367 g/mol. The fourth-order valence-corrected chi connectivity index (χ4v) is 4.07. The number of allylic oxidation sites excluding steroid dienone is 1. The van der Waals surface area contributed by atoms with Crippen molar-refractivity contribution in [3.63, 3.8) is 0 Å². The number of carboxylic acid groups (broad SMARTS) is 1. The molecule has 1 fully saturated rings. The lowest BCUT2D eigenvalue weighted by atomic mass is 9.73. The van der Waals surface area contributed by atoms with Crippen LogP contribution in [0.3, 0.4) is 0 Å². The molecule has 3 rings (SSSR count). The molecule has 1 aliphatic carbocycles. The Labute approximate surface area is 160 Å². The quantitative estimate of drug-likeness (QED) is 0.804. The van der Waals surface area contributed by atoms with E-state index in [2.05, 4.69) is 25.1 Å². The lowest BCUT2D eigenvalue weighted by Crippen LogP contribution is -2.29. The van der Waals surface area contributed by atoms with Gasteiger partial charge in [0.2, 0.25) is 0 Å². The smallest absolute Gasteiger partial charge is 0.335 e. The van der Waals surface area contributed by atoms with Crippen LogP contribution in [-0.2, 0) is 0 Å². The van der Waals surface area contributed by atoms with Gasteiger partial charge >= 0.3 is 5.97 Å². The summed E-state index contributed by atoms with van der Waals surface area (Å²) in [5, 5.41) is 9.19. The first-order valence-electron chi connectivity index (χ1n) is 9.35. The average Bonchev–Trinajstić information content (AvgIpc) is 2.63. The minimum atomic E-state index is -0.914. The zero-order valence-corrected chi connectivity index (χ0v) is 15.9. The zero-order valence-electron chi connectivity index (χ0n) is 15.9. The summed E-state index contributed by atoms with van der Waals surface area (Å²) in [5.41, 5.74) is 3.55. The molecular weight excluding hydrogens is 341 g/mol. The first-order chi connectivity index (χ1) is 12.9. The number of carboxylic acids is 1. The molecule has 0 bridgehead atoms. The Hall–Kier alpha value is -2.46. The molecule has 0 unspecified atom stereocenters. The molecule has 1 N–H and O–H groups in total. The fraction of sp³-hybridized carbons (Fsp3) is 0.348. The number of benzene rings is 2. The Morgan fingerprint density at radius 1 is 1.22 bits per heavy atom. The topological polar surface area (TPSA) is 40.5 Å². The van der Waals surface area contributed by atoms with E-state index in [0.29, 0.717) is 11.5 Å². The van der Waals surface area contributed by atoms with Gasteiger partial charge in [-0.2, -0.15) is 0 Å². The van der Waals surface area contributed by atoms with Crippen molar-refractivity contribution in [1.29, 1.82) is 0 Å². The molecular formula is C23H26FNO2. The van der Waals surface area contributed by atoms with Crippen LogP contribution < -0.4 is 0 Å². The highest BCUT2D eigenvalue weighted by Gasteiger charge is 2.29. The van der Waals surface area contributed by atoms with Crippen LogP contribution in [0.5, 0.6) is 0 Å². The maximum absolute atomic E-state index is 13.8. The van der Waals surface area contributed by atoms with E-state index >= 15 is 0 Å². The van der Waals surface area contributed by atoms with E-state index in [0.717, 1.165) is 36.9 Å². The second kappa shape index (κ2) is 8.49. The van der Waals surface area contributed by atoms with E-state index in [1.165, 1.54) is 11.6 Å². The van der Waals surface area contributed by atoms with Crippen LogP contribution in [0, 0.1) is 11.7 Å². The first kappa shape index (κ1) is 19.3. The van der Waals surface area contributed by atoms with Gasteiger partial charge in [-0.15, -0.1) is 0 Å². The summed E-state index contributed by atoms with van der Waals surface area (Å²) in [6.07, 6.45) is 5.01. The van der Waals surface area contributed by atoms with Crippen molar-refractivity contribution in [2.75, 3.05) is 20.6 Å². The summed E-state index contributed by atoms with van der Waals surface area (Å²) in [4.78, 5) is 13.4. The van der Waals surface area contributed by atoms with Crippen molar-refractivity contribution in [2.24, 2.45) is 5.92 Å². The van der Waals surface area contributed by atoms with Gasteiger partial charge in [-0.1, -0.05) is 35.9 Å². The van der Waals surface area contributed by atoms with E-state index in [1.807, 2.05) is 12.1 Å². The van der Waals surface area contributed by atoms with Gasteiger partial charge in [0, 0.05) is 6.54 Å². The van der Waals surface area contributed by atoms with Gasteiger partial charge in [0.1, 0.15) is 5.82 Å². The summed E-state index contributed by atoms with van der Waals surface area (Å²) >= 11 is 0. The van der Waals surface area contributed by atoms with Crippen molar-refractivity contribution in [3.05, 3.63) is 76.6 Å². The molecule has 2 aromatic carbocycles. The Bertz CT molecular complexity index is 844. The number of rotatable bonds is 5. The molecule has 0 saturated heterocycles. The number of hydrogen-bond donors (Lipinski definition) is 1. The Morgan fingerprint density at radius 3 is 2.70 bits per heavy atom. The van der Waals surface area contributed by atoms with Crippen LogP contribution >= 0.6 is 0 Å². The number of halogens is 1. The molecule has 0 amide bonds. The molecule has 2 atom stereocenters. The minimum absolute atomic E-state index is 0.193. The summed E-state index contributed by atoms with van der Waals surface area (Å²) in [6, 6.07) is 14.0. The predicted octanol–water partition coefficient (Wildman–Crippen LogP) is 5.05. The molecule has 27 heavy (non-hydrogen) atoms. The highest BCUT2D eigenvalue weighted by atomic mass is 19.1. The summed E-state index contributed by atoms with van der Waals surface area (Å²) in [6.45, 7) is 0.975. The third-order valence-electron chi connectivity index (χ3n) is 5.27. The molecule has 3 nitrogen and oxygen atoms in total. The molecule has 0 heterocycles. The van der Waals surface area contributed by atoms with Gasteiger partial charge in [-0.25, -0.2) is 9.18 Å². The number of carbonyl (C=O) groups is 1. The van der Waals surface area contributed by atoms with Crippen LogP contribution in [0.25, 0.3) is 6.08 Å². The molecule has 0 aromatic heterocycles. The van der Waals surface area contributed by atoms with E-state index in [1.54, 1.807) is 30.3 Å². The van der Waals surface area contributed by atoms with Crippen molar-refractivity contribution < 1.29 is 14.3 Å². The molecule has 0 spiro atoms. The molecule has 0 aliphatic heterocycles. The predicted molar refractivity (Wildman–Crippen MR) is 106 cm³/mol. The van der Waals surface area contributed by atoms with Gasteiger partial charge < -0.3 is 10.0 Å². The fourth-order valence-electron chi connectivity index (χ4n) is 4.07. The molecule has 142 valence electrons. The number of aromatic carboxylic acids is 1. The first-order valence-corrected chi connectivity index (χ1v) is 9.35. The normalized spacial score (nSPS) is 21.6. The van der Waals surface area contributed by atoms with Crippen molar-refractivity contribution in [1.82, 2.24) is 4.90 Å².